The van der Waals surface area contributed by atoms with E-state index in [1.807, 2.05) is 6.92 Å². The van der Waals surface area contributed by atoms with Crippen LogP contribution < -0.4 is 0 Å². The van der Waals surface area contributed by atoms with Crippen molar-refractivity contribution in [1.29, 1.82) is 0 Å². The molecule has 8 rings (SSSR count). The first kappa shape index (κ1) is 42.4. The Kier molecular flexibility index (Phi) is 13.1. The number of fused-ring (bicyclic) bond motifs is 14. The van der Waals surface area contributed by atoms with Gasteiger partial charge in [0, 0.05) is 11.8 Å². The van der Waals surface area contributed by atoms with E-state index in [1.54, 1.807) is 6.92 Å². The Balaban J connectivity index is 0.00000133. The summed E-state index contributed by atoms with van der Waals surface area (Å²) in [5.74, 6) is 6.16. The van der Waals surface area contributed by atoms with Crippen LogP contribution in [0.5, 0.6) is 0 Å². The molecule has 1 aliphatic heterocycles. The number of Topliss-reactive ketones (excluding diaryl/α,β-unsaturated/α-hetero) is 1. The lowest BCUT2D eigenvalue weighted by atomic mass is 9.59. The van der Waals surface area contributed by atoms with Crippen LogP contribution in [0.15, 0.2) is 0 Å². The van der Waals surface area contributed by atoms with Crippen molar-refractivity contribution in [2.24, 2.45) is 94.7 Å². The maximum absolute atomic E-state index is 13.3. The van der Waals surface area contributed by atoms with Crippen molar-refractivity contribution in [3.05, 3.63) is 0 Å². The minimum Gasteiger partial charge on any atom is -0.459 e. The van der Waals surface area contributed by atoms with Crippen LogP contribution in [-0.4, -0.2) is 29.3 Å². The molecule has 0 radical (unpaired) electrons. The predicted molar refractivity (Wildman–Crippen MR) is 195 cm³/mol. The molecule has 278 valence electrons. The third-order valence-corrected chi connectivity index (χ3v) is 15.3. The predicted octanol–water partition coefficient (Wildman–Crippen LogP) is 10.1. The van der Waals surface area contributed by atoms with Crippen molar-refractivity contribution in [3.63, 3.8) is 0 Å². The molecule has 8 fully saturated rings. The van der Waals surface area contributed by atoms with Gasteiger partial charge in [0.1, 0.15) is 11.4 Å². The largest absolute Gasteiger partial charge is 0.459 e. The molecular weight excluding hydrogens is 600 g/mol. The fourth-order valence-electron chi connectivity index (χ4n) is 13.7. The Bertz CT molecular complexity index is 1190. The van der Waals surface area contributed by atoms with Gasteiger partial charge >= 0.3 is 17.9 Å². The summed E-state index contributed by atoms with van der Waals surface area (Å²) in [6.07, 6.45) is 11.5. The highest BCUT2D eigenvalue weighted by Crippen LogP contribution is 2.72. The highest BCUT2D eigenvalue weighted by molar-refractivity contribution is 5.96. The molecule has 0 aromatic rings. The second kappa shape index (κ2) is 14.9. The lowest BCUT2D eigenvalue weighted by Gasteiger charge is -2.44. The fourth-order valence-corrected chi connectivity index (χ4v) is 13.7. The number of rotatable bonds is 8. The molecule has 1 heterocycles. The van der Waals surface area contributed by atoms with E-state index in [9.17, 15) is 19.2 Å². The molecule has 0 aromatic heterocycles. The number of hydrogen-bond donors (Lipinski definition) is 0. The molecule has 0 N–H and O–H groups in total. The van der Waals surface area contributed by atoms with Gasteiger partial charge in [0.05, 0.1) is 17.8 Å². The van der Waals surface area contributed by atoms with E-state index >= 15 is 0 Å². The molecule has 6 nitrogen and oxygen atoms in total. The van der Waals surface area contributed by atoms with Crippen LogP contribution in [0.4, 0.5) is 0 Å². The number of carbonyl (C=O) groups excluding carboxylic acids is 4. The van der Waals surface area contributed by atoms with Crippen LogP contribution in [0.25, 0.3) is 0 Å². The third-order valence-electron chi connectivity index (χ3n) is 15.3. The molecule has 7 aliphatic carbocycles. The summed E-state index contributed by atoms with van der Waals surface area (Å²) in [6.45, 7) is 8.24. The minimum absolute atomic E-state index is 0. The van der Waals surface area contributed by atoms with Crippen LogP contribution in [-0.2, 0) is 28.7 Å². The number of esters is 3. The van der Waals surface area contributed by atoms with E-state index in [1.165, 1.54) is 38.5 Å². The molecule has 48 heavy (non-hydrogen) atoms. The Hall–Kier alpha value is -1.72. The third kappa shape index (κ3) is 6.03. The van der Waals surface area contributed by atoms with Crippen LogP contribution in [0.2, 0.25) is 0 Å². The van der Waals surface area contributed by atoms with Crippen molar-refractivity contribution in [3.8, 4) is 0 Å². The van der Waals surface area contributed by atoms with Gasteiger partial charge in [-0.2, -0.15) is 0 Å². The van der Waals surface area contributed by atoms with Crippen molar-refractivity contribution >= 4 is 23.7 Å². The summed E-state index contributed by atoms with van der Waals surface area (Å²) < 4.78 is 11.5. The number of ketones is 1. The van der Waals surface area contributed by atoms with Gasteiger partial charge in [-0.25, -0.2) is 0 Å². The van der Waals surface area contributed by atoms with Gasteiger partial charge in [0.2, 0.25) is 0 Å². The summed E-state index contributed by atoms with van der Waals surface area (Å²) in [5, 5.41) is 0. The van der Waals surface area contributed by atoms with Crippen LogP contribution >= 0.6 is 0 Å². The maximum Gasteiger partial charge on any atom is 0.317 e. The monoisotopic (exact) mass is 675 g/mol. The van der Waals surface area contributed by atoms with Crippen molar-refractivity contribution in [2.45, 2.75) is 148 Å². The van der Waals surface area contributed by atoms with Crippen LogP contribution in [0.3, 0.4) is 0 Å². The normalized spacial score (nSPS) is 46.8. The lowest BCUT2D eigenvalue weighted by molar-refractivity contribution is -0.171. The molecule has 0 aromatic carbocycles. The van der Waals surface area contributed by atoms with Gasteiger partial charge < -0.3 is 9.47 Å². The number of hydrogen-bond acceptors (Lipinski definition) is 6. The maximum atomic E-state index is 13.3. The minimum atomic E-state index is -0.461. The zero-order chi connectivity index (χ0) is 29.2. The van der Waals surface area contributed by atoms with E-state index in [0.29, 0.717) is 78.3 Å². The fraction of sp³-hybridized carbons (Fsp3) is 0.905. The van der Waals surface area contributed by atoms with Crippen molar-refractivity contribution < 1.29 is 28.7 Å². The first-order valence-corrected chi connectivity index (χ1v) is 17.5. The zero-order valence-electron chi connectivity index (χ0n) is 26.0. The smallest absolute Gasteiger partial charge is 0.317 e. The van der Waals surface area contributed by atoms with Gasteiger partial charge in [-0.15, -0.1) is 0 Å². The summed E-state index contributed by atoms with van der Waals surface area (Å²) in [4.78, 5) is 51.7. The van der Waals surface area contributed by atoms with Crippen molar-refractivity contribution in [2.75, 3.05) is 0 Å². The molecule has 6 heteroatoms. The average Bonchev–Trinajstić information content (AvgIpc) is 3.77. The quantitative estimate of drug-likeness (QED) is 0.145. The van der Waals surface area contributed by atoms with Gasteiger partial charge in [0.25, 0.3) is 0 Å². The molecule has 0 amide bonds. The van der Waals surface area contributed by atoms with E-state index in [-0.39, 0.29) is 73.9 Å². The second-order valence-corrected chi connectivity index (χ2v) is 16.8. The Morgan fingerprint density at radius 3 is 2.19 bits per heavy atom. The highest BCUT2D eigenvalue weighted by atomic mass is 16.6. The summed E-state index contributed by atoms with van der Waals surface area (Å²) in [6, 6.07) is 0. The second-order valence-electron chi connectivity index (χ2n) is 16.8. The molecule has 6 bridgehead atoms. The van der Waals surface area contributed by atoms with Gasteiger partial charge in [-0.05, 0) is 143 Å². The SMILES string of the molecule is C.C.C.C.C.C.CC(=O)C1CC2CC1C1C3CC(C(C)C3CC3C(=O)OC(=O)C3CCC(C)C(=O)OC3(C)CC4CC3C3CCCC43)C21. The molecular formula is C42H74O6. The van der Waals surface area contributed by atoms with Gasteiger partial charge in [-0.3, -0.25) is 19.2 Å². The first-order valence-electron chi connectivity index (χ1n) is 17.5. The Labute approximate surface area is 295 Å². The number of cyclic esters (lactones) is 2. The average molecular weight is 675 g/mol. The molecule has 8 aliphatic rings. The van der Waals surface area contributed by atoms with Gasteiger partial charge in [-0.1, -0.05) is 64.8 Å². The van der Waals surface area contributed by atoms with Crippen molar-refractivity contribution in [1.82, 2.24) is 0 Å². The van der Waals surface area contributed by atoms with E-state index in [4.69, 9.17) is 9.47 Å². The number of ether oxygens (including phenoxy) is 2. The van der Waals surface area contributed by atoms with E-state index < -0.39 is 17.8 Å². The molecule has 7 saturated carbocycles. The van der Waals surface area contributed by atoms with Crippen LogP contribution in [0.1, 0.15) is 143 Å². The molecule has 1 saturated heterocycles. The van der Waals surface area contributed by atoms with Gasteiger partial charge in [0.15, 0.2) is 0 Å². The first-order chi connectivity index (χ1) is 20.1. The highest BCUT2D eigenvalue weighted by Gasteiger charge is 2.67. The standard InChI is InChI=1S/C36H50O6.6CH4/c1-16(33(38)42-36(4)15-20-12-30(36)22-7-5-6-21(20)22)8-9-23-29(35(40)41-34(23)39)13-24-17(2)25-14-28(24)32-27-11-19(31(25)32)10-26(27)18(3)37;;;;;;/h16-17,19-32H,5-15H2,1-4H3;6*1H4. The van der Waals surface area contributed by atoms with E-state index in [0.717, 1.165) is 30.6 Å². The Morgan fingerprint density at radius 2 is 1.50 bits per heavy atom. The van der Waals surface area contributed by atoms with E-state index in [2.05, 4.69) is 13.8 Å². The summed E-state index contributed by atoms with van der Waals surface area (Å²) in [7, 11) is 0. The molecule has 17 atom stereocenters. The zero-order valence-corrected chi connectivity index (χ0v) is 26.0. The van der Waals surface area contributed by atoms with Crippen LogP contribution in [0, 0.1) is 94.7 Å². The number of carbonyl (C=O) groups is 4. The molecule has 0 spiro atoms. The Morgan fingerprint density at radius 1 is 0.833 bits per heavy atom. The topological polar surface area (TPSA) is 86.7 Å². The molecule has 17 unspecified atom stereocenters. The lowest BCUT2D eigenvalue weighted by Crippen LogP contribution is -2.43. The summed E-state index contributed by atoms with van der Waals surface area (Å²) in [5.41, 5.74) is -0.344. The summed E-state index contributed by atoms with van der Waals surface area (Å²) >= 11 is 0.